The molecule has 0 bridgehead atoms. The van der Waals surface area contributed by atoms with Crippen LogP contribution < -0.4 is 10.6 Å². The van der Waals surface area contributed by atoms with Gasteiger partial charge >= 0.3 is 0 Å². The standard InChI is InChI=1S/C15H24N2O2S/c1-9-7-11(3)13(8-10(9)2)17-15(20)16-12(4)14(18-5)19-6/h7-8,12,14H,1-6H3,(H2,16,17,20). The minimum absolute atomic E-state index is 0.0446. The molecule has 0 aromatic heterocycles. The van der Waals surface area contributed by atoms with Gasteiger partial charge in [0.25, 0.3) is 0 Å². The molecule has 1 atom stereocenters. The van der Waals surface area contributed by atoms with E-state index in [1.165, 1.54) is 16.7 Å². The topological polar surface area (TPSA) is 42.5 Å². The van der Waals surface area contributed by atoms with Gasteiger partial charge in [-0.05, 0) is 62.7 Å². The third-order valence-electron chi connectivity index (χ3n) is 3.32. The number of anilines is 1. The lowest BCUT2D eigenvalue weighted by Crippen LogP contribution is -2.44. The summed E-state index contributed by atoms with van der Waals surface area (Å²) in [6, 6.07) is 4.21. The highest BCUT2D eigenvalue weighted by Gasteiger charge is 2.16. The molecule has 1 aromatic carbocycles. The highest BCUT2D eigenvalue weighted by atomic mass is 32.1. The second-order valence-electron chi connectivity index (χ2n) is 4.98. The van der Waals surface area contributed by atoms with Crippen molar-refractivity contribution in [3.05, 3.63) is 28.8 Å². The Hall–Kier alpha value is -1.17. The first-order chi connectivity index (χ1) is 9.38. The molecule has 0 saturated heterocycles. The monoisotopic (exact) mass is 296 g/mol. The van der Waals surface area contributed by atoms with Gasteiger partial charge in [-0.25, -0.2) is 0 Å². The summed E-state index contributed by atoms with van der Waals surface area (Å²) in [4.78, 5) is 0. The van der Waals surface area contributed by atoms with Gasteiger partial charge in [-0.3, -0.25) is 0 Å². The summed E-state index contributed by atoms with van der Waals surface area (Å²) < 4.78 is 10.4. The van der Waals surface area contributed by atoms with Gasteiger partial charge in [0.05, 0.1) is 6.04 Å². The van der Waals surface area contributed by atoms with Crippen LogP contribution in [0.25, 0.3) is 0 Å². The number of methoxy groups -OCH3 is 2. The normalized spacial score (nSPS) is 12.3. The quantitative estimate of drug-likeness (QED) is 0.646. The fourth-order valence-electron chi connectivity index (χ4n) is 2.03. The minimum atomic E-state index is -0.337. The number of thiocarbonyl (C=S) groups is 1. The fraction of sp³-hybridized carbons (Fsp3) is 0.533. The molecule has 1 rings (SSSR count). The van der Waals surface area contributed by atoms with Crippen LogP contribution in [0.4, 0.5) is 5.69 Å². The lowest BCUT2D eigenvalue weighted by atomic mass is 10.1. The van der Waals surface area contributed by atoms with Crippen LogP contribution >= 0.6 is 12.2 Å². The van der Waals surface area contributed by atoms with Gasteiger partial charge in [-0.2, -0.15) is 0 Å². The molecule has 0 spiro atoms. The number of aryl methyl sites for hydroxylation is 3. The largest absolute Gasteiger partial charge is 0.355 e. The van der Waals surface area contributed by atoms with Gasteiger partial charge in [-0.15, -0.1) is 0 Å². The Bertz CT molecular complexity index is 473. The Morgan fingerprint density at radius 2 is 1.60 bits per heavy atom. The molecule has 112 valence electrons. The number of hydrogen-bond donors (Lipinski definition) is 2. The van der Waals surface area contributed by atoms with Crippen molar-refractivity contribution in [2.45, 2.75) is 40.0 Å². The van der Waals surface area contributed by atoms with E-state index < -0.39 is 0 Å². The van der Waals surface area contributed by atoms with Crippen LogP contribution in [0.2, 0.25) is 0 Å². The van der Waals surface area contributed by atoms with E-state index in [1.807, 2.05) is 6.92 Å². The predicted octanol–water partition coefficient (Wildman–Crippen LogP) is 2.91. The van der Waals surface area contributed by atoms with Gasteiger partial charge in [0, 0.05) is 19.9 Å². The SMILES string of the molecule is COC(OC)C(C)NC(=S)Nc1cc(C)c(C)cc1C. The summed E-state index contributed by atoms with van der Waals surface area (Å²) >= 11 is 5.33. The van der Waals surface area contributed by atoms with Crippen LogP contribution in [0.15, 0.2) is 12.1 Å². The molecule has 0 radical (unpaired) electrons. The first-order valence-electron chi connectivity index (χ1n) is 6.60. The minimum Gasteiger partial charge on any atom is -0.355 e. The summed E-state index contributed by atoms with van der Waals surface area (Å²) in [5.74, 6) is 0. The summed E-state index contributed by atoms with van der Waals surface area (Å²) in [7, 11) is 3.21. The lowest BCUT2D eigenvalue weighted by Gasteiger charge is -2.24. The molecule has 1 aromatic rings. The smallest absolute Gasteiger partial charge is 0.176 e. The van der Waals surface area contributed by atoms with Crippen molar-refractivity contribution in [2.24, 2.45) is 0 Å². The average Bonchev–Trinajstić information content (AvgIpc) is 2.37. The Morgan fingerprint density at radius 3 is 2.15 bits per heavy atom. The molecular weight excluding hydrogens is 272 g/mol. The van der Waals surface area contributed by atoms with Crippen molar-refractivity contribution in [3.63, 3.8) is 0 Å². The number of hydrogen-bond acceptors (Lipinski definition) is 3. The molecule has 2 N–H and O–H groups in total. The second-order valence-corrected chi connectivity index (χ2v) is 5.39. The fourth-order valence-corrected chi connectivity index (χ4v) is 2.33. The van der Waals surface area contributed by atoms with Gasteiger partial charge < -0.3 is 20.1 Å². The maximum atomic E-state index is 5.33. The molecule has 0 fully saturated rings. The number of rotatable bonds is 5. The zero-order chi connectivity index (χ0) is 15.3. The van der Waals surface area contributed by atoms with E-state index in [-0.39, 0.29) is 12.3 Å². The molecule has 0 aliphatic rings. The number of benzene rings is 1. The van der Waals surface area contributed by atoms with Crippen molar-refractivity contribution in [3.8, 4) is 0 Å². The maximum absolute atomic E-state index is 5.33. The number of ether oxygens (including phenoxy) is 2. The molecule has 0 saturated carbocycles. The third kappa shape index (κ3) is 4.44. The van der Waals surface area contributed by atoms with E-state index in [0.29, 0.717) is 5.11 Å². The van der Waals surface area contributed by atoms with Gasteiger partial charge in [0.2, 0.25) is 0 Å². The molecular formula is C15H24N2O2S. The Labute approximate surface area is 126 Å². The Kier molecular flexibility index (Phi) is 6.39. The van der Waals surface area contributed by atoms with Crippen LogP contribution in [-0.4, -0.2) is 31.7 Å². The zero-order valence-corrected chi connectivity index (χ0v) is 13.9. The summed E-state index contributed by atoms with van der Waals surface area (Å²) in [5.41, 5.74) is 4.70. The lowest BCUT2D eigenvalue weighted by molar-refractivity contribution is -0.116. The molecule has 5 heteroatoms. The zero-order valence-electron chi connectivity index (χ0n) is 13.0. The molecule has 0 aliphatic carbocycles. The summed E-state index contributed by atoms with van der Waals surface area (Å²) in [6.45, 7) is 8.21. The van der Waals surface area contributed by atoms with Crippen LogP contribution in [0.1, 0.15) is 23.6 Å². The van der Waals surface area contributed by atoms with Crippen molar-refractivity contribution >= 4 is 23.0 Å². The van der Waals surface area contributed by atoms with Crippen LogP contribution in [-0.2, 0) is 9.47 Å². The predicted molar refractivity (Wildman–Crippen MR) is 87.3 cm³/mol. The Balaban J connectivity index is 2.69. The van der Waals surface area contributed by atoms with E-state index in [0.717, 1.165) is 5.69 Å². The van der Waals surface area contributed by atoms with E-state index in [4.69, 9.17) is 21.7 Å². The molecule has 0 heterocycles. The summed E-state index contributed by atoms with van der Waals surface area (Å²) in [5, 5.41) is 6.94. The average molecular weight is 296 g/mol. The van der Waals surface area contributed by atoms with Crippen LogP contribution in [0, 0.1) is 20.8 Å². The highest BCUT2D eigenvalue weighted by molar-refractivity contribution is 7.80. The molecule has 4 nitrogen and oxygen atoms in total. The third-order valence-corrected chi connectivity index (χ3v) is 3.54. The molecule has 20 heavy (non-hydrogen) atoms. The van der Waals surface area contributed by atoms with Crippen LogP contribution in [0.3, 0.4) is 0 Å². The van der Waals surface area contributed by atoms with Crippen LogP contribution in [0.5, 0.6) is 0 Å². The molecule has 0 amide bonds. The highest BCUT2D eigenvalue weighted by Crippen LogP contribution is 2.20. The van der Waals surface area contributed by atoms with Crippen molar-refractivity contribution in [1.29, 1.82) is 0 Å². The van der Waals surface area contributed by atoms with E-state index >= 15 is 0 Å². The maximum Gasteiger partial charge on any atom is 0.176 e. The van der Waals surface area contributed by atoms with E-state index in [1.54, 1.807) is 14.2 Å². The molecule has 0 aliphatic heterocycles. The van der Waals surface area contributed by atoms with E-state index in [2.05, 4.69) is 43.5 Å². The number of nitrogens with one attached hydrogen (secondary N) is 2. The first kappa shape index (κ1) is 16.9. The Morgan fingerprint density at radius 1 is 1.05 bits per heavy atom. The molecule has 1 unspecified atom stereocenters. The summed E-state index contributed by atoms with van der Waals surface area (Å²) in [6.07, 6.45) is -0.337. The van der Waals surface area contributed by atoms with Crippen molar-refractivity contribution in [2.75, 3.05) is 19.5 Å². The van der Waals surface area contributed by atoms with Gasteiger partial charge in [0.1, 0.15) is 0 Å². The van der Waals surface area contributed by atoms with Gasteiger partial charge in [-0.1, -0.05) is 6.07 Å². The van der Waals surface area contributed by atoms with Crippen molar-refractivity contribution < 1.29 is 9.47 Å². The second kappa shape index (κ2) is 7.57. The van der Waals surface area contributed by atoms with E-state index in [9.17, 15) is 0 Å². The van der Waals surface area contributed by atoms with Crippen molar-refractivity contribution in [1.82, 2.24) is 5.32 Å². The first-order valence-corrected chi connectivity index (χ1v) is 7.00. The van der Waals surface area contributed by atoms with Gasteiger partial charge in [0.15, 0.2) is 11.4 Å².